The third-order valence-electron chi connectivity index (χ3n) is 2.75. The molecule has 1 aliphatic rings. The van der Waals surface area contributed by atoms with Crippen LogP contribution < -0.4 is 5.73 Å². The zero-order valence-corrected chi connectivity index (χ0v) is 7.42. The van der Waals surface area contributed by atoms with Crippen LogP contribution in [0.5, 0.6) is 0 Å². The molecule has 0 bridgehead atoms. The van der Waals surface area contributed by atoms with Crippen molar-refractivity contribution in [3.8, 4) is 0 Å². The van der Waals surface area contributed by atoms with Crippen molar-refractivity contribution in [3.05, 3.63) is 0 Å². The van der Waals surface area contributed by atoms with E-state index in [4.69, 9.17) is 5.73 Å². The van der Waals surface area contributed by atoms with Crippen LogP contribution in [0.25, 0.3) is 0 Å². The molecule has 0 spiro atoms. The van der Waals surface area contributed by atoms with Gasteiger partial charge < -0.3 is 5.73 Å². The molecule has 13 heavy (non-hydrogen) atoms. The monoisotopic (exact) mass is 199 g/mol. The second-order valence-corrected chi connectivity index (χ2v) is 3.90. The van der Waals surface area contributed by atoms with E-state index in [0.717, 1.165) is 0 Å². The summed E-state index contributed by atoms with van der Waals surface area (Å²) in [6.07, 6.45) is -1.70. The zero-order valence-electron chi connectivity index (χ0n) is 7.42. The van der Waals surface area contributed by atoms with Gasteiger partial charge in [0.25, 0.3) is 5.92 Å². The highest BCUT2D eigenvalue weighted by Crippen LogP contribution is 2.43. The molecule has 0 heterocycles. The summed E-state index contributed by atoms with van der Waals surface area (Å²) in [5.74, 6) is -5.89. The van der Waals surface area contributed by atoms with E-state index in [2.05, 4.69) is 0 Å². The Balaban J connectivity index is 2.68. The van der Waals surface area contributed by atoms with Gasteiger partial charge in [-0.05, 0) is 12.8 Å². The van der Waals surface area contributed by atoms with Gasteiger partial charge in [0.15, 0.2) is 0 Å². The molecule has 0 aromatic rings. The Bertz CT molecular complexity index is 187. The fraction of sp³-hybridized carbons (Fsp3) is 1.00. The van der Waals surface area contributed by atoms with Crippen molar-refractivity contribution in [2.45, 2.75) is 50.0 Å². The molecule has 2 N–H and O–H groups in total. The van der Waals surface area contributed by atoms with Crippen LogP contribution in [-0.4, -0.2) is 17.4 Å². The minimum absolute atomic E-state index is 0.316. The summed E-state index contributed by atoms with van der Waals surface area (Å²) < 4.78 is 51.0. The summed E-state index contributed by atoms with van der Waals surface area (Å²) in [4.78, 5) is 0. The third-order valence-corrected chi connectivity index (χ3v) is 2.75. The summed E-state index contributed by atoms with van der Waals surface area (Å²) in [6, 6.07) is 0. The molecule has 0 aromatic carbocycles. The van der Waals surface area contributed by atoms with Crippen molar-refractivity contribution < 1.29 is 17.6 Å². The van der Waals surface area contributed by atoms with E-state index >= 15 is 0 Å². The van der Waals surface area contributed by atoms with Gasteiger partial charge in [-0.3, -0.25) is 0 Å². The SMILES string of the molecule is CC(F)(F)C1(N)CCC(F)(F)CC1. The maximum absolute atomic E-state index is 12.9. The van der Waals surface area contributed by atoms with Crippen molar-refractivity contribution in [1.29, 1.82) is 0 Å². The molecule has 1 rings (SSSR count). The number of rotatable bonds is 1. The van der Waals surface area contributed by atoms with Crippen molar-refractivity contribution in [3.63, 3.8) is 0 Å². The number of alkyl halides is 4. The van der Waals surface area contributed by atoms with Gasteiger partial charge >= 0.3 is 0 Å². The number of nitrogens with two attached hydrogens (primary N) is 1. The Morgan fingerprint density at radius 3 is 1.77 bits per heavy atom. The standard InChI is InChI=1S/C8H13F4N/c1-6(9,10)7(13)2-4-8(11,12)5-3-7/h2-5,13H2,1H3. The fourth-order valence-electron chi connectivity index (χ4n) is 1.50. The van der Waals surface area contributed by atoms with Crippen LogP contribution in [0.15, 0.2) is 0 Å². The van der Waals surface area contributed by atoms with Crippen LogP contribution >= 0.6 is 0 Å². The van der Waals surface area contributed by atoms with Gasteiger partial charge in [0.2, 0.25) is 5.92 Å². The lowest BCUT2D eigenvalue weighted by Crippen LogP contribution is -2.57. The van der Waals surface area contributed by atoms with Crippen LogP contribution in [0.1, 0.15) is 32.6 Å². The lowest BCUT2D eigenvalue weighted by molar-refractivity contribution is -0.118. The van der Waals surface area contributed by atoms with Crippen molar-refractivity contribution in [2.75, 3.05) is 0 Å². The zero-order chi connectivity index (χ0) is 10.3. The van der Waals surface area contributed by atoms with Gasteiger partial charge in [-0.25, -0.2) is 17.6 Å². The minimum atomic E-state index is -3.08. The third kappa shape index (κ3) is 2.13. The van der Waals surface area contributed by atoms with Crippen LogP contribution in [-0.2, 0) is 0 Å². The average molecular weight is 199 g/mol. The van der Waals surface area contributed by atoms with E-state index in [1.165, 1.54) is 0 Å². The molecular formula is C8H13F4N. The molecule has 78 valence electrons. The van der Waals surface area contributed by atoms with E-state index in [-0.39, 0.29) is 12.8 Å². The first kappa shape index (κ1) is 10.8. The van der Waals surface area contributed by atoms with E-state index < -0.39 is 30.2 Å². The lowest BCUT2D eigenvalue weighted by atomic mass is 9.77. The van der Waals surface area contributed by atoms with Crippen molar-refractivity contribution >= 4 is 0 Å². The minimum Gasteiger partial charge on any atom is -0.320 e. The maximum atomic E-state index is 12.9. The first-order chi connectivity index (χ1) is 5.66. The first-order valence-electron chi connectivity index (χ1n) is 4.21. The molecule has 1 nitrogen and oxygen atoms in total. The smallest absolute Gasteiger partial charge is 0.262 e. The molecule has 1 saturated carbocycles. The normalized spacial score (nSPS) is 27.2. The van der Waals surface area contributed by atoms with E-state index in [1.807, 2.05) is 0 Å². The molecule has 0 atom stereocenters. The van der Waals surface area contributed by atoms with Gasteiger partial charge in [-0.15, -0.1) is 0 Å². The van der Waals surface area contributed by atoms with Crippen LogP contribution in [0.3, 0.4) is 0 Å². The Hall–Kier alpha value is -0.320. The van der Waals surface area contributed by atoms with Gasteiger partial charge in [-0.2, -0.15) is 0 Å². The predicted octanol–water partition coefficient (Wildman–Crippen LogP) is 2.55. The fourth-order valence-corrected chi connectivity index (χ4v) is 1.50. The maximum Gasteiger partial charge on any atom is 0.262 e. The van der Waals surface area contributed by atoms with Gasteiger partial charge in [0, 0.05) is 19.8 Å². The number of hydrogen-bond donors (Lipinski definition) is 1. The molecule has 5 heteroatoms. The quantitative estimate of drug-likeness (QED) is 0.645. The van der Waals surface area contributed by atoms with Crippen molar-refractivity contribution in [1.82, 2.24) is 0 Å². The molecule has 0 aromatic heterocycles. The molecule has 0 unspecified atom stereocenters. The van der Waals surface area contributed by atoms with E-state index in [9.17, 15) is 17.6 Å². The molecule has 0 saturated heterocycles. The van der Waals surface area contributed by atoms with Crippen LogP contribution in [0.2, 0.25) is 0 Å². The Morgan fingerprint density at radius 1 is 1.08 bits per heavy atom. The molecule has 1 fully saturated rings. The van der Waals surface area contributed by atoms with Gasteiger partial charge in [-0.1, -0.05) is 0 Å². The Kier molecular flexibility index (Phi) is 2.35. The topological polar surface area (TPSA) is 26.0 Å². The van der Waals surface area contributed by atoms with Crippen LogP contribution in [0, 0.1) is 0 Å². The highest BCUT2D eigenvalue weighted by atomic mass is 19.3. The van der Waals surface area contributed by atoms with Gasteiger partial charge in [0.05, 0.1) is 5.54 Å². The van der Waals surface area contributed by atoms with Crippen LogP contribution in [0.4, 0.5) is 17.6 Å². The molecule has 0 radical (unpaired) electrons. The van der Waals surface area contributed by atoms with E-state index in [0.29, 0.717) is 6.92 Å². The number of halogens is 4. The highest BCUT2D eigenvalue weighted by Gasteiger charge is 2.52. The molecular weight excluding hydrogens is 186 g/mol. The summed E-state index contributed by atoms with van der Waals surface area (Å²) in [6.45, 7) is 0.691. The largest absolute Gasteiger partial charge is 0.320 e. The lowest BCUT2D eigenvalue weighted by Gasteiger charge is -2.40. The second-order valence-electron chi connectivity index (χ2n) is 3.90. The molecule has 0 amide bonds. The molecule has 1 aliphatic carbocycles. The summed E-state index contributed by atoms with van der Waals surface area (Å²) in [5, 5.41) is 0. The summed E-state index contributed by atoms with van der Waals surface area (Å²) in [7, 11) is 0. The summed E-state index contributed by atoms with van der Waals surface area (Å²) >= 11 is 0. The Labute approximate surface area is 74.3 Å². The highest BCUT2D eigenvalue weighted by molar-refractivity contribution is 5.00. The first-order valence-corrected chi connectivity index (χ1v) is 4.21. The van der Waals surface area contributed by atoms with Crippen molar-refractivity contribution in [2.24, 2.45) is 5.73 Å². The molecule has 0 aliphatic heterocycles. The Morgan fingerprint density at radius 2 is 1.46 bits per heavy atom. The summed E-state index contributed by atoms with van der Waals surface area (Å²) in [5.41, 5.74) is 3.63. The predicted molar refractivity (Wildman–Crippen MR) is 41.0 cm³/mol. The second kappa shape index (κ2) is 2.83. The number of hydrogen-bond acceptors (Lipinski definition) is 1. The van der Waals surface area contributed by atoms with Gasteiger partial charge in [0.1, 0.15) is 0 Å². The van der Waals surface area contributed by atoms with E-state index in [1.54, 1.807) is 0 Å². The average Bonchev–Trinajstić information content (AvgIpc) is 1.94.